The van der Waals surface area contributed by atoms with Crippen LogP contribution in [-0.4, -0.2) is 38.8 Å². The second-order valence-corrected chi connectivity index (χ2v) is 5.11. The first-order valence-corrected chi connectivity index (χ1v) is 6.35. The third-order valence-corrected chi connectivity index (χ3v) is 2.72. The Bertz CT molecular complexity index is 318. The van der Waals surface area contributed by atoms with Crippen LogP contribution in [0.4, 0.5) is 0 Å². The molecule has 5 nitrogen and oxygen atoms in total. The molecule has 1 rings (SSSR count). The lowest BCUT2D eigenvalue weighted by molar-refractivity contribution is 0.208. The van der Waals surface area contributed by atoms with Gasteiger partial charge < -0.3 is 5.73 Å². The second-order valence-electron chi connectivity index (χ2n) is 5.11. The van der Waals surface area contributed by atoms with Crippen LogP contribution in [0, 0.1) is 5.92 Å². The lowest BCUT2D eigenvalue weighted by atomic mass is 10.2. The Morgan fingerprint density at radius 3 is 2.59 bits per heavy atom. The lowest BCUT2D eigenvalue weighted by Gasteiger charge is -2.25. The molecular formula is C12H25N5. The molecule has 98 valence electrons. The van der Waals surface area contributed by atoms with Crippen LogP contribution in [-0.2, 0) is 13.1 Å². The first kappa shape index (κ1) is 14.1. The average molecular weight is 239 g/mol. The molecule has 0 aliphatic heterocycles. The van der Waals surface area contributed by atoms with Gasteiger partial charge in [-0.2, -0.15) is 5.10 Å². The zero-order chi connectivity index (χ0) is 12.8. The highest BCUT2D eigenvalue weighted by Crippen LogP contribution is 2.07. The van der Waals surface area contributed by atoms with Gasteiger partial charge in [0.15, 0.2) is 0 Å². The quantitative estimate of drug-likeness (QED) is 0.774. The molecule has 0 atom stereocenters. The summed E-state index contributed by atoms with van der Waals surface area (Å²) in [7, 11) is 0. The maximum Gasteiger partial charge on any atom is 0.141 e. The van der Waals surface area contributed by atoms with Crippen molar-refractivity contribution in [1.29, 1.82) is 0 Å². The van der Waals surface area contributed by atoms with Crippen molar-refractivity contribution in [2.24, 2.45) is 11.7 Å². The summed E-state index contributed by atoms with van der Waals surface area (Å²) < 4.78 is 2.00. The van der Waals surface area contributed by atoms with Crippen molar-refractivity contribution in [3.05, 3.63) is 12.2 Å². The third kappa shape index (κ3) is 4.44. The number of nitrogens with two attached hydrogens (primary N) is 1. The highest BCUT2D eigenvalue weighted by Gasteiger charge is 2.13. The van der Waals surface area contributed by atoms with E-state index in [1.165, 1.54) is 0 Å². The monoisotopic (exact) mass is 239 g/mol. The van der Waals surface area contributed by atoms with E-state index in [2.05, 4.69) is 42.7 Å². The summed E-state index contributed by atoms with van der Waals surface area (Å²) in [6.07, 6.45) is 1.64. The molecular weight excluding hydrogens is 214 g/mol. The molecule has 1 heterocycles. The van der Waals surface area contributed by atoms with Gasteiger partial charge in [-0.15, -0.1) is 0 Å². The molecule has 0 amide bonds. The van der Waals surface area contributed by atoms with Gasteiger partial charge >= 0.3 is 0 Å². The van der Waals surface area contributed by atoms with Crippen LogP contribution < -0.4 is 5.73 Å². The van der Waals surface area contributed by atoms with Crippen LogP contribution in [0.15, 0.2) is 6.33 Å². The average Bonchev–Trinajstić information content (AvgIpc) is 2.64. The van der Waals surface area contributed by atoms with Crippen molar-refractivity contribution in [3.8, 4) is 0 Å². The molecule has 5 heteroatoms. The number of nitrogens with zero attached hydrogens (tertiary/aromatic N) is 4. The maximum absolute atomic E-state index is 5.63. The summed E-state index contributed by atoms with van der Waals surface area (Å²) >= 11 is 0. The highest BCUT2D eigenvalue weighted by atomic mass is 15.3. The Morgan fingerprint density at radius 1 is 1.35 bits per heavy atom. The van der Waals surface area contributed by atoms with Crippen LogP contribution in [0.3, 0.4) is 0 Å². The Labute approximate surface area is 104 Å². The first-order chi connectivity index (χ1) is 8.04. The minimum absolute atomic E-state index is 0.475. The Hall–Kier alpha value is -0.940. The molecule has 2 N–H and O–H groups in total. The SMILES string of the molecule is CC(C)Cn1ncnc1CN(CCN)C(C)C. The fourth-order valence-electron chi connectivity index (χ4n) is 1.78. The summed E-state index contributed by atoms with van der Waals surface area (Å²) in [5.74, 6) is 1.61. The molecule has 17 heavy (non-hydrogen) atoms. The van der Waals surface area contributed by atoms with Gasteiger partial charge in [0.2, 0.25) is 0 Å². The smallest absolute Gasteiger partial charge is 0.141 e. The van der Waals surface area contributed by atoms with Gasteiger partial charge in [-0.1, -0.05) is 13.8 Å². The van der Waals surface area contributed by atoms with Gasteiger partial charge in [-0.05, 0) is 19.8 Å². The normalized spacial score (nSPS) is 12.0. The zero-order valence-corrected chi connectivity index (χ0v) is 11.4. The molecule has 0 fully saturated rings. The van der Waals surface area contributed by atoms with E-state index >= 15 is 0 Å². The van der Waals surface area contributed by atoms with E-state index in [0.29, 0.717) is 18.5 Å². The highest BCUT2D eigenvalue weighted by molar-refractivity contribution is 4.86. The second kappa shape index (κ2) is 6.71. The predicted molar refractivity (Wildman–Crippen MR) is 69.5 cm³/mol. The van der Waals surface area contributed by atoms with Crippen molar-refractivity contribution in [2.75, 3.05) is 13.1 Å². The molecule has 0 saturated carbocycles. The van der Waals surface area contributed by atoms with Gasteiger partial charge in [-0.25, -0.2) is 9.67 Å². The lowest BCUT2D eigenvalue weighted by Crippen LogP contribution is -2.35. The molecule has 1 aromatic rings. The van der Waals surface area contributed by atoms with E-state index in [1.54, 1.807) is 6.33 Å². The van der Waals surface area contributed by atoms with Gasteiger partial charge in [0.1, 0.15) is 12.2 Å². The van der Waals surface area contributed by atoms with Gasteiger partial charge in [0, 0.05) is 25.7 Å². The van der Waals surface area contributed by atoms with Gasteiger partial charge in [0.05, 0.1) is 6.54 Å². The molecule has 0 aromatic carbocycles. The summed E-state index contributed by atoms with van der Waals surface area (Å²) in [6, 6.07) is 0.475. The van der Waals surface area contributed by atoms with Crippen molar-refractivity contribution >= 4 is 0 Å². The van der Waals surface area contributed by atoms with Crippen molar-refractivity contribution in [2.45, 2.75) is 46.8 Å². The molecule has 1 aromatic heterocycles. The maximum atomic E-state index is 5.63. The zero-order valence-electron chi connectivity index (χ0n) is 11.4. The number of hydrogen-bond donors (Lipinski definition) is 1. The fraction of sp³-hybridized carbons (Fsp3) is 0.833. The fourth-order valence-corrected chi connectivity index (χ4v) is 1.78. The van der Waals surface area contributed by atoms with Gasteiger partial charge in [-0.3, -0.25) is 4.90 Å². The van der Waals surface area contributed by atoms with E-state index in [4.69, 9.17) is 5.73 Å². The van der Waals surface area contributed by atoms with E-state index < -0.39 is 0 Å². The molecule has 0 aliphatic rings. The summed E-state index contributed by atoms with van der Waals surface area (Å²) in [5.41, 5.74) is 5.63. The summed E-state index contributed by atoms with van der Waals surface area (Å²) in [6.45, 7) is 12.0. The van der Waals surface area contributed by atoms with E-state index in [0.717, 1.165) is 25.5 Å². The molecule has 0 unspecified atom stereocenters. The molecule has 0 bridgehead atoms. The molecule has 0 saturated heterocycles. The van der Waals surface area contributed by atoms with Gasteiger partial charge in [0.25, 0.3) is 0 Å². The van der Waals surface area contributed by atoms with Crippen LogP contribution in [0.2, 0.25) is 0 Å². The number of hydrogen-bond acceptors (Lipinski definition) is 4. The van der Waals surface area contributed by atoms with Crippen LogP contribution in [0.1, 0.15) is 33.5 Å². The topological polar surface area (TPSA) is 60.0 Å². The minimum Gasteiger partial charge on any atom is -0.329 e. The number of aromatic nitrogens is 3. The van der Waals surface area contributed by atoms with E-state index in [-0.39, 0.29) is 0 Å². The predicted octanol–water partition coefficient (Wildman–Crippen LogP) is 1.10. The minimum atomic E-state index is 0.475. The first-order valence-electron chi connectivity index (χ1n) is 6.35. The Kier molecular flexibility index (Phi) is 5.58. The van der Waals surface area contributed by atoms with Crippen LogP contribution in [0.25, 0.3) is 0 Å². The molecule has 0 aliphatic carbocycles. The van der Waals surface area contributed by atoms with E-state index in [1.807, 2.05) is 4.68 Å². The largest absolute Gasteiger partial charge is 0.329 e. The van der Waals surface area contributed by atoms with E-state index in [9.17, 15) is 0 Å². The third-order valence-electron chi connectivity index (χ3n) is 2.72. The standard InChI is InChI=1S/C12H25N5/c1-10(2)7-17-12(14-9-15-17)8-16(6-5-13)11(3)4/h9-11H,5-8,13H2,1-4H3. The summed E-state index contributed by atoms with van der Waals surface area (Å²) in [5, 5.41) is 4.28. The van der Waals surface area contributed by atoms with Crippen LogP contribution in [0.5, 0.6) is 0 Å². The van der Waals surface area contributed by atoms with Crippen LogP contribution >= 0.6 is 0 Å². The summed E-state index contributed by atoms with van der Waals surface area (Å²) in [4.78, 5) is 6.66. The van der Waals surface area contributed by atoms with Crippen molar-refractivity contribution < 1.29 is 0 Å². The van der Waals surface area contributed by atoms with Crippen molar-refractivity contribution in [1.82, 2.24) is 19.7 Å². The Balaban J connectivity index is 2.68. The molecule has 0 radical (unpaired) electrons. The number of rotatable bonds is 7. The van der Waals surface area contributed by atoms with Crippen molar-refractivity contribution in [3.63, 3.8) is 0 Å². The molecule has 0 spiro atoms. The Morgan fingerprint density at radius 2 is 2.06 bits per heavy atom.